The summed E-state index contributed by atoms with van der Waals surface area (Å²) in [5, 5.41) is 13.6. The highest BCUT2D eigenvalue weighted by Gasteiger charge is 2.12. The van der Waals surface area contributed by atoms with E-state index in [2.05, 4.69) is 30.6 Å². The number of hydrogen-bond acceptors (Lipinski definition) is 7. The van der Waals surface area contributed by atoms with Crippen LogP contribution in [0.15, 0.2) is 53.4 Å². The molecule has 0 saturated heterocycles. The van der Waals surface area contributed by atoms with Crippen LogP contribution in [0.25, 0.3) is 22.8 Å². The molecule has 0 saturated carbocycles. The molecule has 0 bridgehead atoms. The van der Waals surface area contributed by atoms with Crippen molar-refractivity contribution in [1.29, 1.82) is 0 Å². The maximum atomic E-state index is 14.1. The minimum atomic E-state index is -0.618. The lowest BCUT2D eigenvalue weighted by atomic mass is 10.2. The monoisotopic (exact) mass is 324 g/mol. The number of rotatable bonds is 4. The van der Waals surface area contributed by atoms with Crippen molar-refractivity contribution in [2.45, 2.75) is 0 Å². The number of nitrogens with zero attached hydrogens (tertiary/aromatic N) is 5. The van der Waals surface area contributed by atoms with E-state index in [1.165, 1.54) is 24.7 Å². The molecule has 4 aromatic rings. The first-order valence-corrected chi connectivity index (χ1v) is 6.87. The molecule has 0 amide bonds. The third-order valence-electron chi connectivity index (χ3n) is 3.16. The second-order valence-corrected chi connectivity index (χ2v) is 4.71. The molecule has 24 heavy (non-hydrogen) atoms. The molecule has 0 atom stereocenters. The predicted molar refractivity (Wildman–Crippen MR) is 79.4 cm³/mol. The van der Waals surface area contributed by atoms with Crippen LogP contribution in [-0.2, 0) is 0 Å². The van der Waals surface area contributed by atoms with Crippen molar-refractivity contribution in [3.8, 4) is 34.5 Å². The number of aromatic amines is 1. The van der Waals surface area contributed by atoms with E-state index in [0.29, 0.717) is 17.1 Å². The van der Waals surface area contributed by atoms with Crippen LogP contribution in [0.5, 0.6) is 11.6 Å². The summed E-state index contributed by atoms with van der Waals surface area (Å²) in [5.41, 5.74) is 1.18. The Kier molecular flexibility index (Phi) is 3.43. The molecule has 0 aliphatic carbocycles. The SMILES string of the molecule is Fc1cc(-c2ncco2)cnc1Oc1ccc(-c2nn[nH]n2)cc1. The van der Waals surface area contributed by atoms with Crippen LogP contribution in [-0.4, -0.2) is 30.6 Å². The van der Waals surface area contributed by atoms with Gasteiger partial charge >= 0.3 is 0 Å². The number of aromatic nitrogens is 6. The summed E-state index contributed by atoms with van der Waals surface area (Å²) in [6, 6.07) is 8.05. The van der Waals surface area contributed by atoms with Gasteiger partial charge in [0.15, 0.2) is 5.82 Å². The molecule has 8 nitrogen and oxygen atoms in total. The van der Waals surface area contributed by atoms with Crippen molar-refractivity contribution in [3.63, 3.8) is 0 Å². The molecule has 1 aromatic carbocycles. The Balaban J connectivity index is 1.55. The van der Waals surface area contributed by atoms with Crippen LogP contribution in [0.4, 0.5) is 4.39 Å². The first-order valence-electron chi connectivity index (χ1n) is 6.87. The lowest BCUT2D eigenvalue weighted by Crippen LogP contribution is -1.93. The quantitative estimate of drug-likeness (QED) is 0.615. The third kappa shape index (κ3) is 2.70. The van der Waals surface area contributed by atoms with Crippen molar-refractivity contribution < 1.29 is 13.5 Å². The van der Waals surface area contributed by atoms with Crippen LogP contribution >= 0.6 is 0 Å². The highest BCUT2D eigenvalue weighted by molar-refractivity contribution is 5.55. The molecule has 0 radical (unpaired) electrons. The number of pyridine rings is 1. The maximum Gasteiger partial charge on any atom is 0.255 e. The van der Waals surface area contributed by atoms with Crippen LogP contribution in [0, 0.1) is 5.82 Å². The van der Waals surface area contributed by atoms with Crippen LogP contribution in [0.3, 0.4) is 0 Å². The highest BCUT2D eigenvalue weighted by atomic mass is 19.1. The standard InChI is InChI=1S/C15H9FN6O2/c16-12-7-10(14-17-5-6-23-14)8-18-15(12)24-11-3-1-9(2-4-11)13-19-21-22-20-13/h1-8H,(H,19,20,21,22). The molecule has 0 aliphatic heterocycles. The van der Waals surface area contributed by atoms with E-state index in [1.54, 1.807) is 24.3 Å². The molecule has 4 rings (SSSR count). The third-order valence-corrected chi connectivity index (χ3v) is 3.16. The average molecular weight is 324 g/mol. The van der Waals surface area contributed by atoms with Gasteiger partial charge in [0.2, 0.25) is 11.7 Å². The van der Waals surface area contributed by atoms with Gasteiger partial charge in [-0.05, 0) is 35.5 Å². The number of ether oxygens (including phenoxy) is 1. The van der Waals surface area contributed by atoms with Crippen molar-refractivity contribution in [2.24, 2.45) is 0 Å². The fourth-order valence-corrected chi connectivity index (χ4v) is 2.05. The number of hydrogen-bond donors (Lipinski definition) is 1. The van der Waals surface area contributed by atoms with E-state index >= 15 is 0 Å². The van der Waals surface area contributed by atoms with Crippen LogP contribution in [0.2, 0.25) is 0 Å². The van der Waals surface area contributed by atoms with E-state index in [1.807, 2.05) is 0 Å². The number of benzene rings is 1. The van der Waals surface area contributed by atoms with Crippen molar-refractivity contribution in [2.75, 3.05) is 0 Å². The molecule has 3 aromatic heterocycles. The predicted octanol–water partition coefficient (Wildman–Crippen LogP) is 2.85. The fraction of sp³-hybridized carbons (Fsp3) is 0. The molecule has 118 valence electrons. The molecule has 3 heterocycles. The molecule has 0 spiro atoms. The van der Waals surface area contributed by atoms with Gasteiger partial charge in [0.25, 0.3) is 5.88 Å². The minimum absolute atomic E-state index is 0.141. The summed E-state index contributed by atoms with van der Waals surface area (Å²) in [5.74, 6) is 0.418. The largest absolute Gasteiger partial charge is 0.444 e. The van der Waals surface area contributed by atoms with Gasteiger partial charge in [0, 0.05) is 11.8 Å². The van der Waals surface area contributed by atoms with Crippen LogP contribution in [0.1, 0.15) is 0 Å². The van der Waals surface area contributed by atoms with Crippen molar-refractivity contribution >= 4 is 0 Å². The van der Waals surface area contributed by atoms with Gasteiger partial charge in [0.05, 0.1) is 11.8 Å². The maximum absolute atomic E-state index is 14.1. The Morgan fingerprint density at radius 3 is 2.62 bits per heavy atom. The van der Waals surface area contributed by atoms with Gasteiger partial charge in [-0.15, -0.1) is 10.2 Å². The number of oxazole rings is 1. The first kappa shape index (κ1) is 14.0. The molecule has 0 fully saturated rings. The molecule has 0 aliphatic rings. The van der Waals surface area contributed by atoms with Gasteiger partial charge in [-0.3, -0.25) is 0 Å². The van der Waals surface area contributed by atoms with Gasteiger partial charge in [-0.1, -0.05) is 0 Å². The highest BCUT2D eigenvalue weighted by Crippen LogP contribution is 2.27. The smallest absolute Gasteiger partial charge is 0.255 e. The number of H-pyrrole nitrogens is 1. The summed E-state index contributed by atoms with van der Waals surface area (Å²) in [6.07, 6.45) is 4.31. The van der Waals surface area contributed by atoms with Gasteiger partial charge < -0.3 is 9.15 Å². The average Bonchev–Trinajstić information content (AvgIpc) is 3.31. The summed E-state index contributed by atoms with van der Waals surface area (Å²) in [4.78, 5) is 7.91. The molecule has 9 heteroatoms. The Morgan fingerprint density at radius 1 is 1.08 bits per heavy atom. The topological polar surface area (TPSA) is 103 Å². The number of halogens is 1. The Labute approximate surface area is 134 Å². The fourth-order valence-electron chi connectivity index (χ4n) is 2.05. The summed E-state index contributed by atoms with van der Waals surface area (Å²) in [6.45, 7) is 0. The lowest BCUT2D eigenvalue weighted by molar-refractivity contribution is 0.422. The Morgan fingerprint density at radius 2 is 1.96 bits per heavy atom. The molecule has 1 N–H and O–H groups in total. The van der Waals surface area contributed by atoms with E-state index in [4.69, 9.17) is 9.15 Å². The van der Waals surface area contributed by atoms with E-state index in [0.717, 1.165) is 5.56 Å². The summed E-state index contributed by atoms with van der Waals surface area (Å²) >= 11 is 0. The number of tetrazole rings is 1. The first-order chi connectivity index (χ1) is 11.8. The normalized spacial score (nSPS) is 10.7. The Bertz CT molecular complexity index is 939. The molecular formula is C15H9FN6O2. The molecule has 0 unspecified atom stereocenters. The van der Waals surface area contributed by atoms with Crippen LogP contribution < -0.4 is 4.74 Å². The van der Waals surface area contributed by atoms with Gasteiger partial charge in [-0.2, -0.15) is 5.21 Å². The zero-order chi connectivity index (χ0) is 16.4. The van der Waals surface area contributed by atoms with E-state index < -0.39 is 5.82 Å². The minimum Gasteiger partial charge on any atom is -0.444 e. The molecular weight excluding hydrogens is 315 g/mol. The van der Waals surface area contributed by atoms with Gasteiger partial charge in [0.1, 0.15) is 12.0 Å². The van der Waals surface area contributed by atoms with E-state index in [-0.39, 0.29) is 11.8 Å². The zero-order valence-electron chi connectivity index (χ0n) is 12.0. The van der Waals surface area contributed by atoms with Crippen molar-refractivity contribution in [1.82, 2.24) is 30.6 Å². The second kappa shape index (κ2) is 5.88. The summed E-state index contributed by atoms with van der Waals surface area (Å²) < 4.78 is 24.7. The Hall–Kier alpha value is -3.62. The van der Waals surface area contributed by atoms with Gasteiger partial charge in [-0.25, -0.2) is 14.4 Å². The van der Waals surface area contributed by atoms with Crippen molar-refractivity contribution in [3.05, 3.63) is 54.8 Å². The zero-order valence-corrected chi connectivity index (χ0v) is 12.0. The number of nitrogens with one attached hydrogen (secondary N) is 1. The lowest BCUT2D eigenvalue weighted by Gasteiger charge is -2.06. The van der Waals surface area contributed by atoms with E-state index in [9.17, 15) is 4.39 Å². The second-order valence-electron chi connectivity index (χ2n) is 4.71. The summed E-state index contributed by atoms with van der Waals surface area (Å²) in [7, 11) is 0.